The number of rotatable bonds is 10. The van der Waals surface area contributed by atoms with Gasteiger partial charge in [0.15, 0.2) is 0 Å². The van der Waals surface area contributed by atoms with Crippen LogP contribution in [-0.2, 0) is 4.84 Å². The van der Waals surface area contributed by atoms with Gasteiger partial charge in [0.25, 0.3) is 0 Å². The van der Waals surface area contributed by atoms with Gasteiger partial charge in [0, 0.05) is 6.54 Å². The van der Waals surface area contributed by atoms with Crippen LogP contribution in [0.3, 0.4) is 0 Å². The normalized spacial score (nSPS) is 13.7. The fraction of sp³-hybridized carbons (Fsp3) is 0.588. The van der Waals surface area contributed by atoms with Gasteiger partial charge >= 0.3 is 5.97 Å². The van der Waals surface area contributed by atoms with E-state index in [-0.39, 0.29) is 5.97 Å². The molecule has 0 amide bonds. The predicted molar refractivity (Wildman–Crippen MR) is 83.9 cm³/mol. The van der Waals surface area contributed by atoms with Crippen LogP contribution in [0.4, 0.5) is 0 Å². The molecule has 1 atom stereocenters. The molecule has 0 aliphatic carbocycles. The Bertz CT molecular complexity index is 404. The van der Waals surface area contributed by atoms with E-state index in [2.05, 4.69) is 5.48 Å². The summed E-state index contributed by atoms with van der Waals surface area (Å²) >= 11 is 0. The van der Waals surface area contributed by atoms with Gasteiger partial charge in [0.1, 0.15) is 0 Å². The standard InChI is InChI=1S/C17H27NO3/c1-3-17(2,20)13-9-4-5-10-14-18-21-16(19)15-11-7-6-8-12-15/h6-8,11-12,18,20H,3-5,9-10,13-14H2,1-2H3. The highest BCUT2D eigenvalue weighted by atomic mass is 16.7. The van der Waals surface area contributed by atoms with E-state index in [0.29, 0.717) is 12.1 Å². The van der Waals surface area contributed by atoms with Gasteiger partial charge in [-0.1, -0.05) is 44.4 Å². The molecule has 1 rings (SSSR count). The molecule has 4 nitrogen and oxygen atoms in total. The van der Waals surface area contributed by atoms with Crippen LogP contribution in [0, 0.1) is 0 Å². The van der Waals surface area contributed by atoms with Crippen LogP contribution in [0.15, 0.2) is 30.3 Å². The molecule has 1 aromatic rings. The summed E-state index contributed by atoms with van der Waals surface area (Å²) in [5, 5.41) is 9.86. The largest absolute Gasteiger partial charge is 0.390 e. The molecule has 0 bridgehead atoms. The molecule has 0 aliphatic heterocycles. The molecular weight excluding hydrogens is 266 g/mol. The Morgan fingerprint density at radius 2 is 1.86 bits per heavy atom. The number of unbranched alkanes of at least 4 members (excludes halogenated alkanes) is 3. The first-order valence-electron chi connectivity index (χ1n) is 7.76. The van der Waals surface area contributed by atoms with E-state index in [1.807, 2.05) is 32.0 Å². The Morgan fingerprint density at radius 3 is 2.52 bits per heavy atom. The van der Waals surface area contributed by atoms with Gasteiger partial charge in [-0.2, -0.15) is 5.48 Å². The van der Waals surface area contributed by atoms with E-state index < -0.39 is 5.60 Å². The van der Waals surface area contributed by atoms with Gasteiger partial charge < -0.3 is 9.94 Å². The first-order valence-corrected chi connectivity index (χ1v) is 7.76. The van der Waals surface area contributed by atoms with Crippen molar-refractivity contribution in [3.05, 3.63) is 35.9 Å². The van der Waals surface area contributed by atoms with Crippen molar-refractivity contribution in [1.82, 2.24) is 5.48 Å². The predicted octanol–water partition coefficient (Wildman–Crippen LogP) is 3.46. The molecule has 0 saturated carbocycles. The highest BCUT2D eigenvalue weighted by molar-refractivity contribution is 5.89. The maximum Gasteiger partial charge on any atom is 0.356 e. The Hall–Kier alpha value is -1.39. The Kier molecular flexibility index (Phi) is 8.01. The third-order valence-corrected chi connectivity index (χ3v) is 3.68. The monoisotopic (exact) mass is 293 g/mol. The van der Waals surface area contributed by atoms with Crippen LogP contribution in [0.5, 0.6) is 0 Å². The molecule has 0 spiro atoms. The molecular formula is C17H27NO3. The van der Waals surface area contributed by atoms with E-state index in [1.54, 1.807) is 12.1 Å². The molecule has 21 heavy (non-hydrogen) atoms. The van der Waals surface area contributed by atoms with Crippen molar-refractivity contribution in [2.45, 2.75) is 58.0 Å². The number of carbonyl (C=O) groups excluding carboxylic acids is 1. The molecule has 118 valence electrons. The molecule has 0 heterocycles. The zero-order chi connectivity index (χ0) is 15.6. The molecule has 0 radical (unpaired) electrons. The Labute approximate surface area is 127 Å². The molecule has 0 fully saturated rings. The van der Waals surface area contributed by atoms with Crippen molar-refractivity contribution in [3.63, 3.8) is 0 Å². The molecule has 0 aromatic heterocycles. The van der Waals surface area contributed by atoms with Crippen molar-refractivity contribution < 1.29 is 14.7 Å². The smallest absolute Gasteiger partial charge is 0.356 e. The van der Waals surface area contributed by atoms with E-state index in [0.717, 1.165) is 38.5 Å². The quantitative estimate of drug-likeness (QED) is 0.512. The van der Waals surface area contributed by atoms with Crippen molar-refractivity contribution in [2.75, 3.05) is 6.54 Å². The van der Waals surface area contributed by atoms with Crippen LogP contribution in [0.25, 0.3) is 0 Å². The second-order valence-electron chi connectivity index (χ2n) is 5.66. The number of benzene rings is 1. The first kappa shape index (κ1) is 17.7. The number of aliphatic hydroxyl groups is 1. The van der Waals surface area contributed by atoms with Crippen LogP contribution in [0.1, 0.15) is 62.7 Å². The average molecular weight is 293 g/mol. The Morgan fingerprint density at radius 1 is 1.19 bits per heavy atom. The summed E-state index contributed by atoms with van der Waals surface area (Å²) in [6, 6.07) is 8.93. The van der Waals surface area contributed by atoms with Gasteiger partial charge in [0.05, 0.1) is 11.2 Å². The molecule has 0 saturated heterocycles. The third kappa shape index (κ3) is 7.83. The van der Waals surface area contributed by atoms with E-state index in [1.165, 1.54) is 0 Å². The summed E-state index contributed by atoms with van der Waals surface area (Å²) < 4.78 is 0. The minimum absolute atomic E-state index is 0.352. The summed E-state index contributed by atoms with van der Waals surface area (Å²) in [5.74, 6) is -0.352. The van der Waals surface area contributed by atoms with Crippen molar-refractivity contribution >= 4 is 5.97 Å². The summed E-state index contributed by atoms with van der Waals surface area (Å²) in [6.07, 6.45) is 5.78. The van der Waals surface area contributed by atoms with Gasteiger partial charge in [-0.3, -0.25) is 0 Å². The molecule has 0 aliphatic rings. The van der Waals surface area contributed by atoms with Crippen LogP contribution < -0.4 is 5.48 Å². The topological polar surface area (TPSA) is 58.6 Å². The highest BCUT2D eigenvalue weighted by Gasteiger charge is 2.15. The maximum atomic E-state index is 11.6. The number of hydroxylamine groups is 1. The lowest BCUT2D eigenvalue weighted by Crippen LogP contribution is -2.22. The SMILES string of the molecule is CCC(C)(O)CCCCCCNOC(=O)c1ccccc1. The van der Waals surface area contributed by atoms with Gasteiger partial charge in [-0.15, -0.1) is 0 Å². The minimum atomic E-state index is -0.524. The summed E-state index contributed by atoms with van der Waals surface area (Å²) in [4.78, 5) is 16.6. The lowest BCUT2D eigenvalue weighted by Gasteiger charge is -2.20. The number of hydrogen-bond acceptors (Lipinski definition) is 4. The van der Waals surface area contributed by atoms with Crippen molar-refractivity contribution in [1.29, 1.82) is 0 Å². The maximum absolute atomic E-state index is 11.6. The van der Waals surface area contributed by atoms with Crippen LogP contribution >= 0.6 is 0 Å². The second kappa shape index (κ2) is 9.53. The summed E-state index contributed by atoms with van der Waals surface area (Å²) in [6.45, 7) is 4.55. The molecule has 1 aromatic carbocycles. The zero-order valence-electron chi connectivity index (χ0n) is 13.1. The van der Waals surface area contributed by atoms with Crippen molar-refractivity contribution in [3.8, 4) is 0 Å². The summed E-state index contributed by atoms with van der Waals surface area (Å²) in [7, 11) is 0. The fourth-order valence-corrected chi connectivity index (χ4v) is 1.98. The number of hydrogen-bond donors (Lipinski definition) is 2. The third-order valence-electron chi connectivity index (χ3n) is 3.68. The summed E-state index contributed by atoms with van der Waals surface area (Å²) in [5.41, 5.74) is 2.73. The molecule has 4 heteroatoms. The molecule has 2 N–H and O–H groups in total. The van der Waals surface area contributed by atoms with Crippen LogP contribution in [-0.4, -0.2) is 23.2 Å². The van der Waals surface area contributed by atoms with E-state index >= 15 is 0 Å². The Balaban J connectivity index is 1.99. The zero-order valence-corrected chi connectivity index (χ0v) is 13.1. The van der Waals surface area contributed by atoms with Gasteiger partial charge in [0.2, 0.25) is 0 Å². The highest BCUT2D eigenvalue weighted by Crippen LogP contribution is 2.17. The first-order chi connectivity index (χ1) is 10.0. The lowest BCUT2D eigenvalue weighted by atomic mass is 9.95. The average Bonchev–Trinajstić information content (AvgIpc) is 2.50. The minimum Gasteiger partial charge on any atom is -0.390 e. The number of nitrogens with one attached hydrogen (secondary N) is 1. The van der Waals surface area contributed by atoms with Gasteiger partial charge in [-0.25, -0.2) is 4.79 Å². The lowest BCUT2D eigenvalue weighted by molar-refractivity contribution is 0.0248. The van der Waals surface area contributed by atoms with E-state index in [9.17, 15) is 9.90 Å². The van der Waals surface area contributed by atoms with Gasteiger partial charge in [-0.05, 0) is 38.3 Å². The molecule has 1 unspecified atom stereocenters. The van der Waals surface area contributed by atoms with E-state index in [4.69, 9.17) is 4.84 Å². The fourth-order valence-electron chi connectivity index (χ4n) is 1.98. The number of carbonyl (C=O) groups is 1. The van der Waals surface area contributed by atoms with Crippen molar-refractivity contribution in [2.24, 2.45) is 0 Å². The van der Waals surface area contributed by atoms with Crippen LogP contribution in [0.2, 0.25) is 0 Å². The second-order valence-corrected chi connectivity index (χ2v) is 5.66.